The zero-order chi connectivity index (χ0) is 25.5. The van der Waals surface area contributed by atoms with E-state index in [1.165, 1.54) is 23.1 Å². The van der Waals surface area contributed by atoms with Gasteiger partial charge in [-0.1, -0.05) is 43.3 Å². The van der Waals surface area contributed by atoms with Gasteiger partial charge in [0.1, 0.15) is 4.75 Å². The fourth-order valence-corrected chi connectivity index (χ4v) is 5.75. The Hall–Kier alpha value is -3.24. The Bertz CT molecular complexity index is 1270. The molecule has 0 radical (unpaired) electrons. The van der Waals surface area contributed by atoms with Crippen molar-refractivity contribution in [2.45, 2.75) is 55.7 Å². The molecule has 0 spiro atoms. The Morgan fingerprint density at radius 1 is 1.11 bits per heavy atom. The zero-order valence-corrected chi connectivity index (χ0v) is 22.3. The number of aryl methyl sites for hydroxylation is 1. The van der Waals surface area contributed by atoms with Crippen molar-refractivity contribution >= 4 is 35.0 Å². The molecule has 8 nitrogen and oxygen atoms in total. The highest BCUT2D eigenvalue weighted by molar-refractivity contribution is 8.03. The molecule has 4 rings (SSSR count). The molecule has 0 aliphatic carbocycles. The molecule has 0 unspecified atom stereocenters. The smallest absolute Gasteiger partial charge is 0.319 e. The van der Waals surface area contributed by atoms with Crippen LogP contribution in [0.3, 0.4) is 0 Å². The van der Waals surface area contributed by atoms with E-state index in [9.17, 15) is 9.90 Å². The summed E-state index contributed by atoms with van der Waals surface area (Å²) in [5.41, 5.74) is 4.11. The molecule has 1 N–H and O–H groups in total. The van der Waals surface area contributed by atoms with Crippen molar-refractivity contribution in [2.24, 2.45) is 0 Å². The zero-order valence-electron chi connectivity index (χ0n) is 20.7. The maximum atomic E-state index is 11.5. The minimum atomic E-state index is -0.922. The highest BCUT2D eigenvalue weighted by Crippen LogP contribution is 2.34. The molecule has 0 aliphatic heterocycles. The molecule has 0 bridgehead atoms. The molecule has 0 aliphatic rings. The van der Waals surface area contributed by atoms with Gasteiger partial charge in [-0.3, -0.25) is 4.79 Å². The van der Waals surface area contributed by atoms with E-state index in [2.05, 4.69) is 31.9 Å². The van der Waals surface area contributed by atoms with Gasteiger partial charge in [-0.25, -0.2) is 19.6 Å². The van der Waals surface area contributed by atoms with E-state index in [-0.39, 0.29) is 0 Å². The van der Waals surface area contributed by atoms with E-state index in [0.717, 1.165) is 39.7 Å². The second-order valence-corrected chi connectivity index (χ2v) is 11.7. The molecule has 3 aromatic heterocycles. The number of benzene rings is 1. The second kappa shape index (κ2) is 11.7. The van der Waals surface area contributed by atoms with Crippen LogP contribution in [0.5, 0.6) is 0 Å². The Labute approximate surface area is 219 Å². The van der Waals surface area contributed by atoms with Crippen LogP contribution in [0.2, 0.25) is 0 Å². The van der Waals surface area contributed by atoms with Gasteiger partial charge in [0.15, 0.2) is 4.34 Å². The summed E-state index contributed by atoms with van der Waals surface area (Å²) in [6.07, 6.45) is 10.4. The summed E-state index contributed by atoms with van der Waals surface area (Å²) < 4.78 is 1.70. The van der Waals surface area contributed by atoms with Crippen LogP contribution < -0.4 is 4.90 Å². The van der Waals surface area contributed by atoms with Crippen molar-refractivity contribution < 1.29 is 9.90 Å². The van der Waals surface area contributed by atoms with Gasteiger partial charge in [0, 0.05) is 49.0 Å². The number of nitrogens with zero attached hydrogens (tertiary/aromatic N) is 6. The first-order valence-corrected chi connectivity index (χ1v) is 13.6. The summed E-state index contributed by atoms with van der Waals surface area (Å²) in [5, 5.41) is 15.9. The van der Waals surface area contributed by atoms with Gasteiger partial charge in [0.2, 0.25) is 5.95 Å². The van der Waals surface area contributed by atoms with E-state index >= 15 is 0 Å². The quantitative estimate of drug-likeness (QED) is 0.251. The van der Waals surface area contributed by atoms with Gasteiger partial charge in [-0.2, -0.15) is 5.10 Å². The topological polar surface area (TPSA) is 97.0 Å². The lowest BCUT2D eigenvalue weighted by molar-refractivity contribution is -0.138. The number of aliphatic carboxylic acids is 1. The molecule has 0 atom stereocenters. The van der Waals surface area contributed by atoms with Crippen molar-refractivity contribution in [3.05, 3.63) is 77.3 Å². The maximum Gasteiger partial charge on any atom is 0.319 e. The number of hydrogen-bond donors (Lipinski definition) is 1. The molecule has 3 heterocycles. The standard InChI is InChI=1S/C26H30N6O2S2/c1-4-8-19-13-27-24(28-14-19)31(16-20-15-29-32(17-20)22-9-6-5-7-10-22)12-11-21-18-35-25(30-21)36-26(2,3)23(33)34/h5-7,9-10,13-15,17-18H,4,8,11-12,16H2,1-3H3,(H,33,34). The average molecular weight is 523 g/mol. The Kier molecular flexibility index (Phi) is 8.37. The molecular formula is C26H30N6O2S2. The number of thioether (sulfide) groups is 1. The van der Waals surface area contributed by atoms with Crippen LogP contribution in [0.15, 0.2) is 64.8 Å². The number of carboxylic acids is 1. The molecule has 0 fully saturated rings. The summed E-state index contributed by atoms with van der Waals surface area (Å²) in [5.74, 6) is -0.186. The molecule has 10 heteroatoms. The third-order valence-corrected chi connectivity index (χ3v) is 7.74. The summed E-state index contributed by atoms with van der Waals surface area (Å²) in [7, 11) is 0. The molecule has 4 aromatic rings. The first-order valence-electron chi connectivity index (χ1n) is 11.9. The monoisotopic (exact) mass is 522 g/mol. The van der Waals surface area contributed by atoms with Crippen molar-refractivity contribution in [3.8, 4) is 5.69 Å². The van der Waals surface area contributed by atoms with Crippen molar-refractivity contribution in [3.63, 3.8) is 0 Å². The molecule has 36 heavy (non-hydrogen) atoms. The maximum absolute atomic E-state index is 11.5. The van der Waals surface area contributed by atoms with Crippen molar-refractivity contribution in [1.82, 2.24) is 24.7 Å². The van der Waals surface area contributed by atoms with Gasteiger partial charge in [-0.05, 0) is 38.0 Å². The summed E-state index contributed by atoms with van der Waals surface area (Å²) in [4.78, 5) is 27.6. The third-order valence-electron chi connectivity index (χ3n) is 5.57. The molecular weight excluding hydrogens is 492 g/mol. The Balaban J connectivity index is 1.49. The number of thiazole rings is 1. The average Bonchev–Trinajstić information content (AvgIpc) is 3.52. The van der Waals surface area contributed by atoms with Crippen LogP contribution in [0, 0.1) is 0 Å². The van der Waals surface area contributed by atoms with Crippen LogP contribution >= 0.6 is 23.1 Å². The Morgan fingerprint density at radius 2 is 1.86 bits per heavy atom. The summed E-state index contributed by atoms with van der Waals surface area (Å²) in [6.45, 7) is 6.80. The van der Waals surface area contributed by atoms with Crippen LogP contribution in [0.25, 0.3) is 5.69 Å². The predicted molar refractivity (Wildman–Crippen MR) is 144 cm³/mol. The molecule has 0 saturated carbocycles. The molecule has 1 aromatic carbocycles. The second-order valence-electron chi connectivity index (χ2n) is 8.96. The van der Waals surface area contributed by atoms with E-state index < -0.39 is 10.7 Å². The largest absolute Gasteiger partial charge is 0.480 e. The summed E-state index contributed by atoms with van der Waals surface area (Å²) in [6, 6.07) is 10.0. The van der Waals surface area contributed by atoms with E-state index in [4.69, 9.17) is 0 Å². The Morgan fingerprint density at radius 3 is 2.56 bits per heavy atom. The first-order chi connectivity index (χ1) is 17.3. The van der Waals surface area contributed by atoms with Gasteiger partial charge in [0.25, 0.3) is 0 Å². The molecule has 0 saturated heterocycles. The summed E-state index contributed by atoms with van der Waals surface area (Å²) >= 11 is 2.75. The van der Waals surface area contributed by atoms with Crippen LogP contribution in [0.1, 0.15) is 44.0 Å². The SMILES string of the molecule is CCCc1cnc(N(CCc2csc(SC(C)(C)C(=O)O)n2)Cc2cnn(-c3ccccc3)c2)nc1. The lowest BCUT2D eigenvalue weighted by Crippen LogP contribution is -2.27. The first kappa shape index (κ1) is 25.8. The van der Waals surface area contributed by atoms with E-state index in [0.29, 0.717) is 25.5 Å². The number of rotatable bonds is 12. The number of carbonyl (C=O) groups is 1. The van der Waals surface area contributed by atoms with Crippen LogP contribution in [0.4, 0.5) is 5.95 Å². The lowest BCUT2D eigenvalue weighted by atomic mass is 10.2. The number of para-hydroxylation sites is 1. The van der Waals surface area contributed by atoms with E-state index in [1.807, 2.05) is 65.2 Å². The van der Waals surface area contributed by atoms with Gasteiger partial charge in [-0.15, -0.1) is 11.3 Å². The minimum Gasteiger partial charge on any atom is -0.480 e. The highest BCUT2D eigenvalue weighted by atomic mass is 32.2. The van der Waals surface area contributed by atoms with Gasteiger partial charge in [0.05, 0.1) is 17.6 Å². The normalized spacial score (nSPS) is 11.5. The van der Waals surface area contributed by atoms with Gasteiger partial charge >= 0.3 is 5.97 Å². The van der Waals surface area contributed by atoms with Crippen LogP contribution in [-0.2, 0) is 24.2 Å². The van der Waals surface area contributed by atoms with Gasteiger partial charge < -0.3 is 10.0 Å². The fraction of sp³-hybridized carbons (Fsp3) is 0.346. The number of hydrogen-bond acceptors (Lipinski definition) is 8. The minimum absolute atomic E-state index is 0.609. The molecule has 188 valence electrons. The number of anilines is 1. The van der Waals surface area contributed by atoms with Crippen LogP contribution in [-0.4, -0.2) is 47.1 Å². The van der Waals surface area contributed by atoms with E-state index in [1.54, 1.807) is 13.8 Å². The van der Waals surface area contributed by atoms with Crippen molar-refractivity contribution in [2.75, 3.05) is 11.4 Å². The van der Waals surface area contributed by atoms with Crippen molar-refractivity contribution in [1.29, 1.82) is 0 Å². The fourth-order valence-electron chi connectivity index (χ4n) is 3.52. The number of carboxylic acid groups (broad SMARTS) is 1. The number of aromatic nitrogens is 5. The lowest BCUT2D eigenvalue weighted by Gasteiger charge is -2.21. The third kappa shape index (κ3) is 6.70. The highest BCUT2D eigenvalue weighted by Gasteiger charge is 2.29. The predicted octanol–water partition coefficient (Wildman–Crippen LogP) is 5.28. The molecule has 0 amide bonds.